The second-order valence-corrected chi connectivity index (χ2v) is 7.83. The van der Waals surface area contributed by atoms with Crippen molar-refractivity contribution in [1.29, 1.82) is 0 Å². The van der Waals surface area contributed by atoms with Gasteiger partial charge in [-0.2, -0.15) is 0 Å². The van der Waals surface area contributed by atoms with E-state index in [9.17, 15) is 14.0 Å². The van der Waals surface area contributed by atoms with Gasteiger partial charge in [-0.05, 0) is 54.7 Å². The number of likely N-dealkylation sites (tertiary alicyclic amines) is 2. The van der Waals surface area contributed by atoms with Crippen molar-refractivity contribution >= 4 is 11.8 Å². The van der Waals surface area contributed by atoms with Crippen LogP contribution < -0.4 is 0 Å². The third kappa shape index (κ3) is 3.77. The molecule has 2 fully saturated rings. The predicted molar refractivity (Wildman–Crippen MR) is 103 cm³/mol. The number of pyridine rings is 1. The molecule has 28 heavy (non-hydrogen) atoms. The van der Waals surface area contributed by atoms with Crippen molar-refractivity contribution in [3.8, 4) is 0 Å². The molecule has 0 N–H and O–H groups in total. The van der Waals surface area contributed by atoms with Crippen molar-refractivity contribution in [1.82, 2.24) is 14.8 Å². The van der Waals surface area contributed by atoms with Gasteiger partial charge in [-0.3, -0.25) is 14.6 Å². The van der Waals surface area contributed by atoms with Gasteiger partial charge in [0.1, 0.15) is 5.82 Å². The molecular formula is C22H24FN3O2. The number of carbonyl (C=O) groups is 2. The van der Waals surface area contributed by atoms with E-state index in [2.05, 4.69) is 4.98 Å². The topological polar surface area (TPSA) is 53.5 Å². The number of nitrogens with zero attached hydrogens (tertiary/aromatic N) is 3. The zero-order chi connectivity index (χ0) is 19.6. The summed E-state index contributed by atoms with van der Waals surface area (Å²) >= 11 is 0. The van der Waals surface area contributed by atoms with Gasteiger partial charge < -0.3 is 9.80 Å². The zero-order valence-corrected chi connectivity index (χ0v) is 15.8. The van der Waals surface area contributed by atoms with E-state index in [1.165, 1.54) is 12.1 Å². The van der Waals surface area contributed by atoms with Crippen LogP contribution in [-0.4, -0.2) is 46.2 Å². The van der Waals surface area contributed by atoms with Crippen LogP contribution in [0, 0.1) is 11.2 Å². The van der Waals surface area contributed by atoms with Gasteiger partial charge in [0, 0.05) is 38.6 Å². The maximum Gasteiger partial charge on any atom is 0.230 e. The molecule has 2 aromatic rings. The Balaban J connectivity index is 1.42. The summed E-state index contributed by atoms with van der Waals surface area (Å²) in [6.45, 7) is 2.32. The monoisotopic (exact) mass is 381 g/mol. The van der Waals surface area contributed by atoms with Crippen LogP contribution in [0.4, 0.5) is 4.39 Å². The van der Waals surface area contributed by atoms with Crippen LogP contribution in [0.2, 0.25) is 0 Å². The first-order chi connectivity index (χ1) is 13.6. The van der Waals surface area contributed by atoms with Crippen LogP contribution in [0.25, 0.3) is 0 Å². The smallest absolute Gasteiger partial charge is 0.230 e. The average Bonchev–Trinajstić information content (AvgIpc) is 3.13. The molecule has 1 aromatic heterocycles. The lowest BCUT2D eigenvalue weighted by Gasteiger charge is -2.39. The Morgan fingerprint density at radius 2 is 1.79 bits per heavy atom. The van der Waals surface area contributed by atoms with Gasteiger partial charge in [-0.25, -0.2) is 4.39 Å². The number of halogens is 1. The lowest BCUT2D eigenvalue weighted by Crippen LogP contribution is -2.50. The molecule has 3 heterocycles. The molecule has 0 aliphatic carbocycles. The van der Waals surface area contributed by atoms with Gasteiger partial charge in [0.15, 0.2) is 0 Å². The van der Waals surface area contributed by atoms with E-state index in [0.29, 0.717) is 39.0 Å². The van der Waals surface area contributed by atoms with Crippen LogP contribution in [0.5, 0.6) is 0 Å². The fraction of sp³-hybridized carbons (Fsp3) is 0.409. The maximum atomic E-state index is 13.3. The second kappa shape index (κ2) is 7.70. The Bertz CT molecular complexity index is 856. The minimum atomic E-state index is -0.466. The molecule has 2 aliphatic heterocycles. The van der Waals surface area contributed by atoms with Gasteiger partial charge in [-0.1, -0.05) is 12.1 Å². The highest BCUT2D eigenvalue weighted by Gasteiger charge is 2.49. The summed E-state index contributed by atoms with van der Waals surface area (Å²) in [5.41, 5.74) is 1.40. The quantitative estimate of drug-likeness (QED) is 0.818. The van der Waals surface area contributed by atoms with Crippen LogP contribution in [-0.2, 0) is 22.6 Å². The molecule has 0 radical (unpaired) electrons. The number of piperidine rings is 1. The summed E-state index contributed by atoms with van der Waals surface area (Å²) in [5.74, 6) is -0.0850. The molecule has 2 saturated heterocycles. The van der Waals surface area contributed by atoms with E-state index in [-0.39, 0.29) is 17.6 Å². The van der Waals surface area contributed by atoms with Crippen molar-refractivity contribution in [2.75, 3.05) is 19.6 Å². The van der Waals surface area contributed by atoms with Gasteiger partial charge in [0.2, 0.25) is 11.8 Å². The Morgan fingerprint density at radius 1 is 1.04 bits per heavy atom. The van der Waals surface area contributed by atoms with Gasteiger partial charge in [0.05, 0.1) is 11.8 Å². The molecule has 146 valence electrons. The molecule has 2 amide bonds. The van der Waals surface area contributed by atoms with Crippen molar-refractivity contribution in [3.63, 3.8) is 0 Å². The number of benzene rings is 1. The number of amides is 2. The number of hydrogen-bond acceptors (Lipinski definition) is 3. The molecule has 1 atom stereocenters. The maximum absolute atomic E-state index is 13.3. The van der Waals surface area contributed by atoms with E-state index in [1.807, 2.05) is 21.9 Å². The summed E-state index contributed by atoms with van der Waals surface area (Å²) in [7, 11) is 0. The van der Waals surface area contributed by atoms with Crippen LogP contribution in [0.15, 0.2) is 48.8 Å². The third-order valence-corrected chi connectivity index (χ3v) is 5.92. The lowest BCUT2D eigenvalue weighted by molar-refractivity contribution is -0.146. The molecule has 1 unspecified atom stereocenters. The summed E-state index contributed by atoms with van der Waals surface area (Å²) in [4.78, 5) is 33.6. The van der Waals surface area contributed by atoms with Gasteiger partial charge in [0.25, 0.3) is 0 Å². The van der Waals surface area contributed by atoms with Crippen molar-refractivity contribution in [2.24, 2.45) is 5.41 Å². The molecular weight excluding hydrogens is 357 g/mol. The molecule has 0 bridgehead atoms. The molecule has 4 rings (SSSR count). The number of hydrogen-bond donors (Lipinski definition) is 0. The standard InChI is InChI=1S/C22H24FN3O2/c23-19-4-2-18(3-5-19)15-25-12-1-8-22(21(25)28)9-13-26(16-22)20(27)14-17-6-10-24-11-7-17/h2-7,10-11H,1,8-9,12-16H2. The Morgan fingerprint density at radius 3 is 2.54 bits per heavy atom. The van der Waals surface area contributed by atoms with E-state index in [1.54, 1.807) is 24.5 Å². The van der Waals surface area contributed by atoms with E-state index < -0.39 is 5.41 Å². The summed E-state index contributed by atoms with van der Waals surface area (Å²) < 4.78 is 13.1. The molecule has 2 aliphatic rings. The van der Waals surface area contributed by atoms with E-state index >= 15 is 0 Å². The molecule has 6 heteroatoms. The van der Waals surface area contributed by atoms with Crippen LogP contribution in [0.1, 0.15) is 30.4 Å². The number of carbonyl (C=O) groups excluding carboxylic acids is 2. The van der Waals surface area contributed by atoms with Gasteiger partial charge >= 0.3 is 0 Å². The van der Waals surface area contributed by atoms with Gasteiger partial charge in [-0.15, -0.1) is 0 Å². The van der Waals surface area contributed by atoms with Crippen molar-refractivity contribution < 1.29 is 14.0 Å². The van der Waals surface area contributed by atoms with E-state index in [0.717, 1.165) is 24.0 Å². The largest absolute Gasteiger partial charge is 0.341 e. The first-order valence-corrected chi connectivity index (χ1v) is 9.76. The number of rotatable bonds is 4. The number of aromatic nitrogens is 1. The summed E-state index contributed by atoms with van der Waals surface area (Å²) in [6.07, 6.45) is 6.18. The Labute approximate surface area is 164 Å². The third-order valence-electron chi connectivity index (χ3n) is 5.92. The molecule has 1 spiro atoms. The molecule has 5 nitrogen and oxygen atoms in total. The minimum absolute atomic E-state index is 0.0616. The molecule has 1 aromatic carbocycles. The van der Waals surface area contributed by atoms with Crippen LogP contribution in [0.3, 0.4) is 0 Å². The highest BCUT2D eigenvalue weighted by atomic mass is 19.1. The second-order valence-electron chi connectivity index (χ2n) is 7.83. The summed E-state index contributed by atoms with van der Waals surface area (Å²) in [5, 5.41) is 0. The fourth-order valence-corrected chi connectivity index (χ4v) is 4.36. The molecule has 0 saturated carbocycles. The lowest BCUT2D eigenvalue weighted by atomic mass is 9.78. The van der Waals surface area contributed by atoms with Crippen molar-refractivity contribution in [3.05, 3.63) is 65.7 Å². The van der Waals surface area contributed by atoms with Crippen LogP contribution >= 0.6 is 0 Å². The van der Waals surface area contributed by atoms with Crippen molar-refractivity contribution in [2.45, 2.75) is 32.2 Å². The highest BCUT2D eigenvalue weighted by molar-refractivity contribution is 5.86. The first-order valence-electron chi connectivity index (χ1n) is 9.76. The SMILES string of the molecule is O=C(Cc1ccncc1)N1CCC2(CCCN(Cc3ccc(F)cc3)C2=O)C1. The predicted octanol–water partition coefficient (Wildman–Crippen LogP) is 2.80. The average molecular weight is 381 g/mol. The normalized spacial score (nSPS) is 22.1. The first kappa shape index (κ1) is 18.6. The zero-order valence-electron chi connectivity index (χ0n) is 15.8. The minimum Gasteiger partial charge on any atom is -0.341 e. The Kier molecular flexibility index (Phi) is 5.11. The fourth-order valence-electron chi connectivity index (χ4n) is 4.36. The summed E-state index contributed by atoms with van der Waals surface area (Å²) in [6, 6.07) is 10.00. The highest BCUT2D eigenvalue weighted by Crippen LogP contribution is 2.40. The van der Waals surface area contributed by atoms with E-state index in [4.69, 9.17) is 0 Å². The Hall–Kier alpha value is -2.76.